The minimum absolute atomic E-state index is 0.894. The van der Waals surface area contributed by atoms with Crippen molar-refractivity contribution in [2.24, 2.45) is 0 Å². The Labute approximate surface area is 89.7 Å². The minimum Gasteiger partial charge on any atom is -0.316 e. The quantitative estimate of drug-likeness (QED) is 0.819. The molecule has 0 atom stereocenters. The zero-order valence-electron chi connectivity index (χ0n) is 8.77. The Bertz CT molecular complexity index is 475. The number of fused-ring (bicyclic) bond motifs is 1. The largest absolute Gasteiger partial charge is 0.316 e. The Balaban J connectivity index is 2.30. The van der Waals surface area contributed by atoms with Gasteiger partial charge in [-0.3, -0.25) is 4.98 Å². The van der Waals surface area contributed by atoms with Gasteiger partial charge in [-0.25, -0.2) is 0 Å². The molecule has 0 aliphatic rings. The van der Waals surface area contributed by atoms with Crippen LogP contribution in [0.3, 0.4) is 0 Å². The van der Waals surface area contributed by atoms with Gasteiger partial charge in [-0.2, -0.15) is 0 Å². The van der Waals surface area contributed by atoms with Crippen molar-refractivity contribution in [1.82, 2.24) is 10.3 Å². The Kier molecular flexibility index (Phi) is 3.10. The molecule has 2 rings (SSSR count). The van der Waals surface area contributed by atoms with E-state index in [1.54, 1.807) is 0 Å². The molecule has 0 aliphatic carbocycles. The second kappa shape index (κ2) is 4.71. The van der Waals surface area contributed by atoms with E-state index in [2.05, 4.69) is 40.7 Å². The van der Waals surface area contributed by atoms with E-state index in [1.165, 1.54) is 10.9 Å². The fraction of sp³-hybridized carbons (Fsp3) is 0.154. The predicted molar refractivity (Wildman–Crippen MR) is 64.7 cm³/mol. The summed E-state index contributed by atoms with van der Waals surface area (Å²) in [5.74, 6) is 0. The summed E-state index contributed by atoms with van der Waals surface area (Å²) < 4.78 is 0. The first kappa shape index (κ1) is 9.87. The first-order valence-electron chi connectivity index (χ1n) is 5.06. The first-order chi connectivity index (χ1) is 7.40. The summed E-state index contributed by atoms with van der Waals surface area (Å²) in [5, 5.41) is 4.26. The Morgan fingerprint density at radius 3 is 3.13 bits per heavy atom. The van der Waals surface area contributed by atoms with Crippen LogP contribution in [0.4, 0.5) is 0 Å². The van der Waals surface area contributed by atoms with Crippen molar-refractivity contribution in [2.45, 2.75) is 0 Å². The number of aromatic nitrogens is 1. The fourth-order valence-corrected chi connectivity index (χ4v) is 1.51. The molecule has 76 valence electrons. The van der Waals surface area contributed by atoms with Gasteiger partial charge in [0.05, 0.1) is 5.52 Å². The third-order valence-electron chi connectivity index (χ3n) is 2.26. The highest BCUT2D eigenvalue weighted by Gasteiger charge is 1.93. The molecular formula is C13H14N2. The van der Waals surface area contributed by atoms with Gasteiger partial charge in [-0.15, -0.1) is 0 Å². The van der Waals surface area contributed by atoms with Gasteiger partial charge in [-0.05, 0) is 30.8 Å². The van der Waals surface area contributed by atoms with Gasteiger partial charge >= 0.3 is 0 Å². The molecule has 1 heterocycles. The van der Waals surface area contributed by atoms with E-state index >= 15 is 0 Å². The molecular weight excluding hydrogens is 184 g/mol. The van der Waals surface area contributed by atoms with Gasteiger partial charge in [0.2, 0.25) is 0 Å². The lowest BCUT2D eigenvalue weighted by Gasteiger charge is -1.98. The average Bonchev–Trinajstić information content (AvgIpc) is 2.29. The van der Waals surface area contributed by atoms with E-state index in [-0.39, 0.29) is 0 Å². The molecule has 1 N–H and O–H groups in total. The maximum absolute atomic E-state index is 4.28. The molecule has 1 aromatic carbocycles. The number of nitrogens with zero attached hydrogens (tertiary/aromatic N) is 1. The number of benzene rings is 1. The highest BCUT2D eigenvalue weighted by molar-refractivity contribution is 5.80. The lowest BCUT2D eigenvalue weighted by Crippen LogP contribution is -2.03. The lowest BCUT2D eigenvalue weighted by molar-refractivity contribution is 0.922. The molecule has 0 unspecified atom stereocenters. The minimum atomic E-state index is 0.894. The summed E-state index contributed by atoms with van der Waals surface area (Å²) in [6.45, 7) is 0.894. The van der Waals surface area contributed by atoms with Crippen LogP contribution in [-0.2, 0) is 0 Å². The van der Waals surface area contributed by atoms with Crippen LogP contribution in [0.25, 0.3) is 17.0 Å². The fourth-order valence-electron chi connectivity index (χ4n) is 1.51. The van der Waals surface area contributed by atoms with Gasteiger partial charge in [-0.1, -0.05) is 24.3 Å². The van der Waals surface area contributed by atoms with Crippen LogP contribution in [0.5, 0.6) is 0 Å². The van der Waals surface area contributed by atoms with Crippen molar-refractivity contribution >= 4 is 17.0 Å². The van der Waals surface area contributed by atoms with Gasteiger partial charge in [0.1, 0.15) is 0 Å². The van der Waals surface area contributed by atoms with Gasteiger partial charge in [0.15, 0.2) is 0 Å². The normalized spacial score (nSPS) is 11.3. The van der Waals surface area contributed by atoms with Crippen molar-refractivity contribution in [3.05, 3.63) is 48.2 Å². The molecule has 0 radical (unpaired) electrons. The Morgan fingerprint density at radius 1 is 1.33 bits per heavy atom. The van der Waals surface area contributed by atoms with Crippen LogP contribution in [0.1, 0.15) is 5.56 Å². The van der Waals surface area contributed by atoms with Crippen molar-refractivity contribution in [2.75, 3.05) is 13.6 Å². The summed E-state index contributed by atoms with van der Waals surface area (Å²) in [6.07, 6.45) is 6.04. The monoisotopic (exact) mass is 198 g/mol. The summed E-state index contributed by atoms with van der Waals surface area (Å²) in [6, 6.07) is 10.3. The van der Waals surface area contributed by atoms with Gasteiger partial charge in [0.25, 0.3) is 0 Å². The smallest absolute Gasteiger partial charge is 0.0702 e. The van der Waals surface area contributed by atoms with Crippen molar-refractivity contribution in [3.8, 4) is 0 Å². The van der Waals surface area contributed by atoms with Crippen molar-refractivity contribution in [1.29, 1.82) is 0 Å². The van der Waals surface area contributed by atoms with E-state index in [1.807, 2.05) is 25.4 Å². The number of pyridine rings is 1. The van der Waals surface area contributed by atoms with E-state index in [0.717, 1.165) is 12.1 Å². The number of hydrogen-bond donors (Lipinski definition) is 1. The molecule has 0 aliphatic heterocycles. The molecule has 0 bridgehead atoms. The molecule has 0 spiro atoms. The standard InChI is InChI=1S/C13H14N2/c1-14-8-2-4-11-6-7-13-12(10-11)5-3-9-15-13/h2-7,9-10,14H,8H2,1H3/b4-2-. The Morgan fingerprint density at radius 2 is 2.27 bits per heavy atom. The van der Waals surface area contributed by atoms with Crippen LogP contribution < -0.4 is 5.32 Å². The number of hydrogen-bond acceptors (Lipinski definition) is 2. The van der Waals surface area contributed by atoms with Crippen molar-refractivity contribution < 1.29 is 0 Å². The summed E-state index contributed by atoms with van der Waals surface area (Å²) in [7, 11) is 1.94. The Hall–Kier alpha value is -1.67. The molecule has 2 aromatic rings. The van der Waals surface area contributed by atoms with Gasteiger partial charge in [0, 0.05) is 18.1 Å². The SMILES string of the molecule is CNC/C=C\c1ccc2ncccc2c1. The van der Waals surface area contributed by atoms with E-state index in [0.29, 0.717) is 0 Å². The third kappa shape index (κ3) is 2.42. The van der Waals surface area contributed by atoms with Crippen LogP contribution in [0.2, 0.25) is 0 Å². The van der Waals surface area contributed by atoms with E-state index in [4.69, 9.17) is 0 Å². The number of rotatable bonds is 3. The number of likely N-dealkylation sites (N-methyl/N-ethyl adjacent to an activating group) is 1. The maximum atomic E-state index is 4.28. The number of nitrogens with one attached hydrogen (secondary N) is 1. The van der Waals surface area contributed by atoms with Crippen LogP contribution >= 0.6 is 0 Å². The molecule has 0 fully saturated rings. The molecule has 0 saturated heterocycles. The van der Waals surface area contributed by atoms with E-state index < -0.39 is 0 Å². The zero-order chi connectivity index (χ0) is 10.5. The average molecular weight is 198 g/mol. The lowest BCUT2D eigenvalue weighted by atomic mass is 10.1. The van der Waals surface area contributed by atoms with Crippen LogP contribution in [-0.4, -0.2) is 18.6 Å². The topological polar surface area (TPSA) is 24.9 Å². The highest BCUT2D eigenvalue weighted by atomic mass is 14.8. The second-order valence-electron chi connectivity index (χ2n) is 3.42. The maximum Gasteiger partial charge on any atom is 0.0702 e. The molecule has 1 aromatic heterocycles. The molecule has 0 saturated carbocycles. The molecule has 0 amide bonds. The zero-order valence-corrected chi connectivity index (χ0v) is 8.77. The van der Waals surface area contributed by atoms with Gasteiger partial charge < -0.3 is 5.32 Å². The second-order valence-corrected chi connectivity index (χ2v) is 3.42. The summed E-state index contributed by atoms with van der Waals surface area (Å²) >= 11 is 0. The third-order valence-corrected chi connectivity index (χ3v) is 2.26. The molecule has 2 nitrogen and oxygen atoms in total. The van der Waals surface area contributed by atoms with Crippen molar-refractivity contribution in [3.63, 3.8) is 0 Å². The highest BCUT2D eigenvalue weighted by Crippen LogP contribution is 2.13. The predicted octanol–water partition coefficient (Wildman–Crippen LogP) is 2.47. The van der Waals surface area contributed by atoms with E-state index in [9.17, 15) is 0 Å². The molecule has 2 heteroatoms. The summed E-state index contributed by atoms with van der Waals surface area (Å²) in [4.78, 5) is 4.28. The van der Waals surface area contributed by atoms with Crippen LogP contribution in [0, 0.1) is 0 Å². The first-order valence-corrected chi connectivity index (χ1v) is 5.06. The summed E-state index contributed by atoms with van der Waals surface area (Å²) in [5.41, 5.74) is 2.26. The molecule has 15 heavy (non-hydrogen) atoms. The van der Waals surface area contributed by atoms with Crippen LogP contribution in [0.15, 0.2) is 42.6 Å².